The van der Waals surface area contributed by atoms with E-state index in [9.17, 15) is 9.59 Å². The Morgan fingerprint density at radius 1 is 1.13 bits per heavy atom. The summed E-state index contributed by atoms with van der Waals surface area (Å²) in [5, 5.41) is 6.26. The molecule has 1 amide bonds. The van der Waals surface area contributed by atoms with Crippen molar-refractivity contribution < 1.29 is 14.3 Å². The Kier molecular flexibility index (Phi) is 5.63. The number of carbonyl (C=O) groups is 2. The number of hydrogen-bond donors (Lipinski definition) is 2. The lowest BCUT2D eigenvalue weighted by molar-refractivity contribution is -0.117. The van der Waals surface area contributed by atoms with Gasteiger partial charge >= 0.3 is 0 Å². The highest BCUT2D eigenvalue weighted by Crippen LogP contribution is 2.43. The van der Waals surface area contributed by atoms with Gasteiger partial charge in [0, 0.05) is 41.1 Å². The predicted octanol–water partition coefficient (Wildman–Crippen LogP) is 4.25. The lowest BCUT2D eigenvalue weighted by Gasteiger charge is -2.36. The molecule has 2 aromatic rings. The minimum atomic E-state index is -0.437. The first-order chi connectivity index (χ1) is 14.9. The Morgan fingerprint density at radius 3 is 2.52 bits per heavy atom. The number of pyridine rings is 1. The number of nitrogens with zero attached hydrogens (tertiary/aromatic N) is 1. The molecule has 1 aliphatic carbocycles. The van der Waals surface area contributed by atoms with E-state index in [2.05, 4.69) is 22.5 Å². The minimum absolute atomic E-state index is 0.0910. The van der Waals surface area contributed by atoms with Crippen LogP contribution < -0.4 is 15.4 Å². The van der Waals surface area contributed by atoms with Gasteiger partial charge in [0.2, 0.25) is 0 Å². The minimum Gasteiger partial charge on any atom is -0.497 e. The maximum absolute atomic E-state index is 13.4. The molecule has 6 nitrogen and oxygen atoms in total. The second-order valence-corrected chi connectivity index (χ2v) is 8.37. The zero-order chi connectivity index (χ0) is 22.1. The maximum atomic E-state index is 13.4. The molecule has 2 aliphatic rings. The van der Waals surface area contributed by atoms with E-state index in [4.69, 9.17) is 4.74 Å². The Labute approximate surface area is 182 Å². The Balaban J connectivity index is 1.77. The average molecular weight is 418 g/mol. The van der Waals surface area contributed by atoms with Crippen molar-refractivity contribution in [2.45, 2.75) is 39.5 Å². The number of rotatable bonds is 4. The van der Waals surface area contributed by atoms with Gasteiger partial charge in [-0.25, -0.2) is 4.98 Å². The third kappa shape index (κ3) is 4.10. The first kappa shape index (κ1) is 20.8. The van der Waals surface area contributed by atoms with Crippen LogP contribution in [-0.2, 0) is 9.59 Å². The molecular weight excluding hydrogens is 390 g/mol. The molecule has 4 rings (SSSR count). The number of allylic oxidation sites excluding steroid dienone is 3. The third-order valence-electron chi connectivity index (χ3n) is 5.88. The number of amides is 1. The number of anilines is 1. The van der Waals surface area contributed by atoms with E-state index in [1.807, 2.05) is 44.2 Å². The van der Waals surface area contributed by atoms with Gasteiger partial charge in [-0.1, -0.05) is 25.1 Å². The second kappa shape index (κ2) is 8.38. The molecule has 0 saturated carbocycles. The van der Waals surface area contributed by atoms with Gasteiger partial charge < -0.3 is 15.4 Å². The highest BCUT2D eigenvalue weighted by molar-refractivity contribution is 6.09. The van der Waals surface area contributed by atoms with Crippen LogP contribution >= 0.6 is 0 Å². The number of nitrogens with one attached hydrogen (secondary N) is 2. The first-order valence-electron chi connectivity index (χ1n) is 10.5. The Morgan fingerprint density at radius 2 is 1.87 bits per heavy atom. The quantitative estimate of drug-likeness (QED) is 0.777. The summed E-state index contributed by atoms with van der Waals surface area (Å²) < 4.78 is 5.29. The SMILES string of the molecule is COc1ccc([C@H]2C(C(=O)Nc3ccc(C)cn3)=C(C)NC3=C2C(=O)C[C@@H](C)C3)cc1. The van der Waals surface area contributed by atoms with Crippen LogP contribution in [0.4, 0.5) is 5.82 Å². The highest BCUT2D eigenvalue weighted by atomic mass is 16.5. The van der Waals surface area contributed by atoms with Crippen LogP contribution in [0.2, 0.25) is 0 Å². The molecule has 0 spiro atoms. The van der Waals surface area contributed by atoms with Gasteiger partial charge in [-0.05, 0) is 55.5 Å². The summed E-state index contributed by atoms with van der Waals surface area (Å²) in [5.74, 6) is 0.870. The molecule has 2 heterocycles. The number of aryl methyl sites for hydroxylation is 1. The normalized spacial score (nSPS) is 20.8. The summed E-state index contributed by atoms with van der Waals surface area (Å²) in [4.78, 5) is 30.8. The van der Waals surface area contributed by atoms with Gasteiger partial charge in [0.15, 0.2) is 5.78 Å². The summed E-state index contributed by atoms with van der Waals surface area (Å²) in [7, 11) is 1.61. The number of dihydropyridines is 1. The fraction of sp³-hybridized carbons (Fsp3) is 0.320. The second-order valence-electron chi connectivity index (χ2n) is 8.37. The van der Waals surface area contributed by atoms with Gasteiger partial charge in [0.1, 0.15) is 11.6 Å². The lowest BCUT2D eigenvalue weighted by atomic mass is 9.73. The van der Waals surface area contributed by atoms with E-state index in [0.29, 0.717) is 23.4 Å². The van der Waals surface area contributed by atoms with Crippen LogP contribution in [0.25, 0.3) is 0 Å². The smallest absolute Gasteiger partial charge is 0.255 e. The van der Waals surface area contributed by atoms with E-state index in [1.54, 1.807) is 19.4 Å². The molecule has 0 radical (unpaired) electrons. The molecule has 0 fully saturated rings. The predicted molar refractivity (Wildman–Crippen MR) is 120 cm³/mol. The average Bonchev–Trinajstić information content (AvgIpc) is 2.74. The van der Waals surface area contributed by atoms with Crippen LogP contribution in [0.15, 0.2) is 65.1 Å². The number of Topliss-reactive ketones (excluding diaryl/α,β-unsaturated/α-hetero) is 1. The summed E-state index contributed by atoms with van der Waals surface area (Å²) in [6.45, 7) is 5.91. The van der Waals surface area contributed by atoms with Gasteiger partial charge in [-0.3, -0.25) is 9.59 Å². The van der Waals surface area contributed by atoms with E-state index < -0.39 is 5.92 Å². The summed E-state index contributed by atoms with van der Waals surface area (Å²) in [5.41, 5.74) is 4.81. The molecule has 2 N–H and O–H groups in total. The summed E-state index contributed by atoms with van der Waals surface area (Å²) >= 11 is 0. The molecule has 0 saturated heterocycles. The zero-order valence-corrected chi connectivity index (χ0v) is 18.3. The van der Waals surface area contributed by atoms with Crippen LogP contribution in [0.5, 0.6) is 5.75 Å². The fourth-order valence-electron chi connectivity index (χ4n) is 4.39. The molecule has 2 atom stereocenters. The van der Waals surface area contributed by atoms with Crippen molar-refractivity contribution in [3.63, 3.8) is 0 Å². The lowest BCUT2D eigenvalue weighted by Crippen LogP contribution is -2.37. The van der Waals surface area contributed by atoms with Crippen molar-refractivity contribution in [3.8, 4) is 5.75 Å². The van der Waals surface area contributed by atoms with Crippen molar-refractivity contribution in [2.75, 3.05) is 12.4 Å². The van der Waals surface area contributed by atoms with Crippen LogP contribution in [0.3, 0.4) is 0 Å². The van der Waals surface area contributed by atoms with Crippen molar-refractivity contribution in [1.29, 1.82) is 0 Å². The summed E-state index contributed by atoms with van der Waals surface area (Å²) in [6, 6.07) is 11.3. The number of ketones is 1. The molecule has 0 unspecified atom stereocenters. The largest absolute Gasteiger partial charge is 0.497 e. The maximum Gasteiger partial charge on any atom is 0.255 e. The highest BCUT2D eigenvalue weighted by Gasteiger charge is 2.39. The van der Waals surface area contributed by atoms with Crippen molar-refractivity contribution >= 4 is 17.5 Å². The van der Waals surface area contributed by atoms with E-state index in [-0.39, 0.29) is 17.6 Å². The molecule has 1 aliphatic heterocycles. The van der Waals surface area contributed by atoms with Crippen LogP contribution in [0.1, 0.15) is 43.7 Å². The molecule has 6 heteroatoms. The molecular formula is C25H27N3O3. The third-order valence-corrected chi connectivity index (χ3v) is 5.88. The summed E-state index contributed by atoms with van der Waals surface area (Å²) in [6.07, 6.45) is 2.99. The van der Waals surface area contributed by atoms with Crippen molar-refractivity contribution in [2.24, 2.45) is 5.92 Å². The standard InChI is InChI=1S/C25H27N3O3/c1-14-5-10-21(26-13-14)28-25(30)22-16(3)27-19-11-15(2)12-20(29)24(19)23(22)17-6-8-18(31-4)9-7-17/h5-10,13,15,23,27H,11-12H2,1-4H3,(H,26,28,30)/t15-,23-/m0/s1. The topological polar surface area (TPSA) is 80.3 Å². The first-order valence-corrected chi connectivity index (χ1v) is 10.5. The van der Waals surface area contributed by atoms with E-state index >= 15 is 0 Å². The zero-order valence-electron chi connectivity index (χ0n) is 18.3. The van der Waals surface area contributed by atoms with Gasteiger partial charge in [0.05, 0.1) is 7.11 Å². The molecule has 1 aromatic heterocycles. The van der Waals surface area contributed by atoms with Crippen molar-refractivity contribution in [1.82, 2.24) is 10.3 Å². The van der Waals surface area contributed by atoms with Crippen molar-refractivity contribution in [3.05, 3.63) is 76.3 Å². The monoisotopic (exact) mass is 417 g/mol. The van der Waals surface area contributed by atoms with Crippen LogP contribution in [0, 0.1) is 12.8 Å². The van der Waals surface area contributed by atoms with E-state index in [0.717, 1.165) is 34.7 Å². The molecule has 1 aromatic carbocycles. The number of carbonyl (C=O) groups excluding carboxylic acids is 2. The number of benzene rings is 1. The fourth-order valence-corrected chi connectivity index (χ4v) is 4.39. The Hall–Kier alpha value is -3.41. The number of methoxy groups -OCH3 is 1. The van der Waals surface area contributed by atoms with Gasteiger partial charge in [-0.2, -0.15) is 0 Å². The Bertz CT molecular complexity index is 1080. The molecule has 0 bridgehead atoms. The number of aromatic nitrogens is 1. The van der Waals surface area contributed by atoms with Crippen LogP contribution in [-0.4, -0.2) is 23.8 Å². The number of hydrogen-bond acceptors (Lipinski definition) is 5. The van der Waals surface area contributed by atoms with E-state index in [1.165, 1.54) is 0 Å². The molecule has 160 valence electrons. The molecule has 31 heavy (non-hydrogen) atoms. The van der Waals surface area contributed by atoms with Gasteiger partial charge in [0.25, 0.3) is 5.91 Å². The number of ether oxygens (including phenoxy) is 1. The van der Waals surface area contributed by atoms with Gasteiger partial charge in [-0.15, -0.1) is 0 Å².